The van der Waals surface area contributed by atoms with Gasteiger partial charge in [-0.2, -0.15) is 0 Å². The van der Waals surface area contributed by atoms with Crippen LogP contribution in [-0.2, 0) is 17.6 Å². The van der Waals surface area contributed by atoms with E-state index in [9.17, 15) is 9.59 Å². The van der Waals surface area contributed by atoms with Crippen LogP contribution in [0.15, 0.2) is 34.9 Å². The predicted octanol–water partition coefficient (Wildman–Crippen LogP) is 4.46. The fourth-order valence-corrected chi connectivity index (χ4v) is 4.71. The van der Waals surface area contributed by atoms with Gasteiger partial charge in [0.15, 0.2) is 0 Å². The van der Waals surface area contributed by atoms with E-state index in [-0.39, 0.29) is 5.91 Å². The lowest BCUT2D eigenvalue weighted by Gasteiger charge is -2.18. The molecule has 0 saturated carbocycles. The van der Waals surface area contributed by atoms with E-state index in [0.717, 1.165) is 40.2 Å². The van der Waals surface area contributed by atoms with Crippen LogP contribution in [0.1, 0.15) is 36.9 Å². The molecule has 7 heteroatoms. The number of esters is 1. The lowest BCUT2D eigenvalue weighted by molar-refractivity contribution is 0.0603. The number of carbonyl (C=O) groups excluding carboxylic acids is 2. The summed E-state index contributed by atoms with van der Waals surface area (Å²) in [6.07, 6.45) is 3.09. The summed E-state index contributed by atoms with van der Waals surface area (Å²) in [5.74, 6) is 0.516. The number of aryl methyl sites for hydroxylation is 3. The zero-order valence-electron chi connectivity index (χ0n) is 15.8. The molecule has 1 aliphatic carbocycles. The fraction of sp³-hybridized carbons (Fsp3) is 0.238. The molecule has 144 valence electrons. The number of benzene rings is 1. The van der Waals surface area contributed by atoms with Crippen LogP contribution < -0.4 is 10.1 Å². The van der Waals surface area contributed by atoms with Gasteiger partial charge >= 0.3 is 5.97 Å². The molecule has 2 heterocycles. The SMILES string of the molecule is COC(=O)c1c(NC(=O)c2ccoc2C)sc2c1-c1ccc(OC)cc1CC2. The zero-order chi connectivity index (χ0) is 19.8. The van der Waals surface area contributed by atoms with Crippen molar-refractivity contribution in [3.63, 3.8) is 0 Å². The summed E-state index contributed by atoms with van der Waals surface area (Å²) in [4.78, 5) is 26.3. The molecule has 1 amide bonds. The van der Waals surface area contributed by atoms with Gasteiger partial charge in [-0.15, -0.1) is 11.3 Å². The Labute approximate surface area is 166 Å². The average molecular weight is 397 g/mol. The highest BCUT2D eigenvalue weighted by atomic mass is 32.1. The first-order valence-electron chi connectivity index (χ1n) is 8.80. The van der Waals surface area contributed by atoms with Crippen molar-refractivity contribution >= 4 is 28.2 Å². The van der Waals surface area contributed by atoms with Gasteiger partial charge in [-0.05, 0) is 49.1 Å². The Bertz CT molecular complexity index is 1080. The van der Waals surface area contributed by atoms with Gasteiger partial charge in [-0.25, -0.2) is 4.79 Å². The maximum absolute atomic E-state index is 12.7. The van der Waals surface area contributed by atoms with E-state index in [1.165, 1.54) is 24.7 Å². The van der Waals surface area contributed by atoms with E-state index >= 15 is 0 Å². The Hall–Kier alpha value is -3.06. The number of fused-ring (bicyclic) bond motifs is 3. The quantitative estimate of drug-likeness (QED) is 0.658. The Balaban J connectivity index is 1.81. The summed E-state index contributed by atoms with van der Waals surface area (Å²) < 4.78 is 15.6. The van der Waals surface area contributed by atoms with Gasteiger partial charge in [0.25, 0.3) is 5.91 Å². The Kier molecular flexibility index (Phi) is 4.68. The van der Waals surface area contributed by atoms with E-state index in [2.05, 4.69) is 5.32 Å². The van der Waals surface area contributed by atoms with Crippen molar-refractivity contribution in [2.45, 2.75) is 19.8 Å². The number of methoxy groups -OCH3 is 2. The van der Waals surface area contributed by atoms with Crippen molar-refractivity contribution in [2.75, 3.05) is 19.5 Å². The molecule has 1 N–H and O–H groups in total. The lowest BCUT2D eigenvalue weighted by atomic mass is 9.88. The second kappa shape index (κ2) is 7.16. The molecular formula is C21H19NO5S. The highest BCUT2D eigenvalue weighted by molar-refractivity contribution is 7.17. The number of furan rings is 1. The molecule has 0 saturated heterocycles. The van der Waals surface area contributed by atoms with Gasteiger partial charge in [-0.1, -0.05) is 6.07 Å². The van der Waals surface area contributed by atoms with Crippen LogP contribution in [0.3, 0.4) is 0 Å². The third-order valence-corrected chi connectivity index (χ3v) is 6.07. The van der Waals surface area contributed by atoms with E-state index in [1.807, 2.05) is 18.2 Å². The first kappa shape index (κ1) is 18.3. The topological polar surface area (TPSA) is 77.8 Å². The first-order valence-corrected chi connectivity index (χ1v) is 9.61. The molecule has 3 aromatic rings. The Morgan fingerprint density at radius 3 is 2.68 bits per heavy atom. The van der Waals surface area contributed by atoms with Crippen molar-refractivity contribution in [1.29, 1.82) is 0 Å². The van der Waals surface area contributed by atoms with Gasteiger partial charge in [-0.3, -0.25) is 4.79 Å². The van der Waals surface area contributed by atoms with E-state index in [1.54, 1.807) is 20.1 Å². The Morgan fingerprint density at radius 1 is 1.18 bits per heavy atom. The number of hydrogen-bond acceptors (Lipinski definition) is 6. The molecule has 0 unspecified atom stereocenters. The first-order chi connectivity index (χ1) is 13.5. The minimum Gasteiger partial charge on any atom is -0.497 e. The lowest BCUT2D eigenvalue weighted by Crippen LogP contribution is -2.14. The number of thiophene rings is 1. The smallest absolute Gasteiger partial charge is 0.341 e. The van der Waals surface area contributed by atoms with E-state index in [4.69, 9.17) is 13.9 Å². The molecule has 0 aliphatic heterocycles. The van der Waals surface area contributed by atoms with Crippen molar-refractivity contribution in [3.05, 3.63) is 57.9 Å². The standard InChI is InChI=1S/C21H19NO5S/c1-11-14(8-9-27-11)19(23)22-20-18(21(24)26-3)17-15-6-5-13(25-2)10-12(15)4-7-16(17)28-20/h5-6,8-10H,4,7H2,1-3H3,(H,22,23). The van der Waals surface area contributed by atoms with Crippen molar-refractivity contribution in [2.24, 2.45) is 0 Å². The van der Waals surface area contributed by atoms with Crippen LogP contribution >= 0.6 is 11.3 Å². The predicted molar refractivity (Wildman–Crippen MR) is 106 cm³/mol. The van der Waals surface area contributed by atoms with Gasteiger partial charge in [0.1, 0.15) is 22.1 Å². The summed E-state index contributed by atoms with van der Waals surface area (Å²) in [7, 11) is 2.97. The Morgan fingerprint density at radius 2 is 2.00 bits per heavy atom. The van der Waals surface area contributed by atoms with Crippen LogP contribution in [0, 0.1) is 6.92 Å². The number of nitrogens with one attached hydrogen (secondary N) is 1. The molecule has 1 aromatic carbocycles. The van der Waals surface area contributed by atoms with Gasteiger partial charge in [0, 0.05) is 10.4 Å². The fourth-order valence-electron chi connectivity index (χ4n) is 3.51. The third-order valence-electron chi connectivity index (χ3n) is 4.90. The molecule has 1 aliphatic rings. The highest BCUT2D eigenvalue weighted by Crippen LogP contribution is 2.46. The van der Waals surface area contributed by atoms with Crippen LogP contribution in [0.4, 0.5) is 5.00 Å². The van der Waals surface area contributed by atoms with Crippen molar-refractivity contribution in [1.82, 2.24) is 0 Å². The molecule has 2 aromatic heterocycles. The average Bonchev–Trinajstić information content (AvgIpc) is 3.30. The molecule has 0 atom stereocenters. The summed E-state index contributed by atoms with van der Waals surface area (Å²) in [6, 6.07) is 7.43. The molecule has 0 bridgehead atoms. The minimum atomic E-state index is -0.472. The molecule has 0 spiro atoms. The molecule has 4 rings (SSSR count). The molecule has 6 nitrogen and oxygen atoms in total. The number of rotatable bonds is 4. The number of ether oxygens (including phenoxy) is 2. The number of hydrogen-bond donors (Lipinski definition) is 1. The number of anilines is 1. The maximum atomic E-state index is 12.7. The largest absolute Gasteiger partial charge is 0.497 e. The molecule has 0 fully saturated rings. The van der Waals surface area contributed by atoms with Crippen LogP contribution in [0.2, 0.25) is 0 Å². The maximum Gasteiger partial charge on any atom is 0.341 e. The van der Waals surface area contributed by atoms with Gasteiger partial charge < -0.3 is 19.2 Å². The van der Waals surface area contributed by atoms with Gasteiger partial charge in [0.05, 0.1) is 26.0 Å². The summed E-state index contributed by atoms with van der Waals surface area (Å²) >= 11 is 1.42. The summed E-state index contributed by atoms with van der Waals surface area (Å²) in [6.45, 7) is 1.72. The molecule has 0 radical (unpaired) electrons. The number of amides is 1. The van der Waals surface area contributed by atoms with Crippen LogP contribution in [0.5, 0.6) is 5.75 Å². The monoisotopic (exact) mass is 397 g/mol. The second-order valence-electron chi connectivity index (χ2n) is 6.46. The van der Waals surface area contributed by atoms with Crippen LogP contribution in [0.25, 0.3) is 11.1 Å². The van der Waals surface area contributed by atoms with E-state index in [0.29, 0.717) is 21.9 Å². The second-order valence-corrected chi connectivity index (χ2v) is 7.57. The van der Waals surface area contributed by atoms with E-state index < -0.39 is 5.97 Å². The third kappa shape index (κ3) is 2.97. The summed E-state index contributed by atoms with van der Waals surface area (Å²) in [5, 5.41) is 3.37. The minimum absolute atomic E-state index is 0.315. The number of carbonyl (C=O) groups is 2. The van der Waals surface area contributed by atoms with Crippen molar-refractivity contribution < 1.29 is 23.5 Å². The summed E-state index contributed by atoms with van der Waals surface area (Å²) in [5.41, 5.74) is 3.74. The molecular weight excluding hydrogens is 378 g/mol. The van der Waals surface area contributed by atoms with Gasteiger partial charge in [0.2, 0.25) is 0 Å². The van der Waals surface area contributed by atoms with Crippen molar-refractivity contribution in [3.8, 4) is 16.9 Å². The highest BCUT2D eigenvalue weighted by Gasteiger charge is 2.30. The molecule has 28 heavy (non-hydrogen) atoms. The zero-order valence-corrected chi connectivity index (χ0v) is 16.6. The van der Waals surface area contributed by atoms with Crippen LogP contribution in [-0.4, -0.2) is 26.1 Å². The normalized spacial score (nSPS) is 12.1.